The molecular weight excluding hydrogens is 354 g/mol. The number of benzene rings is 4. The van der Waals surface area contributed by atoms with Crippen LogP contribution in [0, 0.1) is 0 Å². The number of nitrogens with zero attached hydrogens (tertiary/aromatic N) is 1. The normalized spacial score (nSPS) is 14.0. The zero-order chi connectivity index (χ0) is 21.4. The standard InChI is InChI=1S/C24H14ClNO/c25-18-10-5-9-17-23-21(13-6-14-22(23)27-24(17)18)26-19-11-3-1-7-15(19)16-8-2-4-12-20(16)26/h1-14H/i1D,2D,11D,12D. The molecule has 0 unspecified atom stereocenters. The Bertz CT molecular complexity index is 1630. The molecular formula is C24H14ClNO. The monoisotopic (exact) mass is 371 g/mol. The Morgan fingerprint density at radius 1 is 0.778 bits per heavy atom. The largest absolute Gasteiger partial charge is 0.454 e. The molecule has 0 radical (unpaired) electrons. The number of para-hydroxylation sites is 3. The molecule has 0 saturated heterocycles. The molecule has 2 heterocycles. The van der Waals surface area contributed by atoms with Gasteiger partial charge in [0.15, 0.2) is 5.58 Å². The number of hydrogen-bond donors (Lipinski definition) is 0. The van der Waals surface area contributed by atoms with Crippen LogP contribution in [-0.2, 0) is 0 Å². The molecule has 2 nitrogen and oxygen atoms in total. The van der Waals surface area contributed by atoms with Crippen LogP contribution in [0.4, 0.5) is 0 Å². The third-order valence-corrected chi connectivity index (χ3v) is 5.28. The Hall–Kier alpha value is -3.23. The molecule has 4 aromatic carbocycles. The maximum atomic E-state index is 8.63. The molecule has 6 rings (SSSR count). The molecule has 0 fully saturated rings. The highest BCUT2D eigenvalue weighted by atomic mass is 35.5. The van der Waals surface area contributed by atoms with Gasteiger partial charge in [-0.25, -0.2) is 0 Å². The molecule has 0 N–H and O–H groups in total. The molecule has 0 atom stereocenters. The molecule has 0 aliphatic rings. The fourth-order valence-corrected chi connectivity index (χ4v) is 4.09. The van der Waals surface area contributed by atoms with Crippen molar-refractivity contribution in [1.82, 2.24) is 4.57 Å². The van der Waals surface area contributed by atoms with Gasteiger partial charge in [-0.3, -0.25) is 0 Å². The van der Waals surface area contributed by atoms with E-state index < -0.39 is 0 Å². The number of rotatable bonds is 1. The van der Waals surface area contributed by atoms with Gasteiger partial charge in [0.2, 0.25) is 0 Å². The van der Waals surface area contributed by atoms with Crippen LogP contribution >= 0.6 is 11.6 Å². The first-order chi connectivity index (χ1) is 14.9. The summed E-state index contributed by atoms with van der Waals surface area (Å²) < 4.78 is 41.4. The van der Waals surface area contributed by atoms with Crippen LogP contribution in [0.25, 0.3) is 49.4 Å². The molecule has 3 heteroatoms. The lowest BCUT2D eigenvalue weighted by atomic mass is 10.1. The van der Waals surface area contributed by atoms with Gasteiger partial charge in [0.25, 0.3) is 0 Å². The molecule has 0 spiro atoms. The van der Waals surface area contributed by atoms with Crippen molar-refractivity contribution in [3.05, 3.63) is 89.9 Å². The summed E-state index contributed by atoms with van der Waals surface area (Å²) in [5.74, 6) is 0. The minimum Gasteiger partial charge on any atom is -0.454 e. The Morgan fingerprint density at radius 2 is 1.48 bits per heavy atom. The van der Waals surface area contributed by atoms with E-state index in [9.17, 15) is 0 Å². The Balaban J connectivity index is 1.90. The van der Waals surface area contributed by atoms with Gasteiger partial charge in [0.1, 0.15) is 5.58 Å². The van der Waals surface area contributed by atoms with Gasteiger partial charge in [0.05, 0.1) is 32.6 Å². The van der Waals surface area contributed by atoms with Crippen LogP contribution in [0.15, 0.2) is 89.3 Å². The summed E-state index contributed by atoms with van der Waals surface area (Å²) in [7, 11) is 0. The van der Waals surface area contributed by atoms with E-state index in [2.05, 4.69) is 0 Å². The van der Waals surface area contributed by atoms with Crippen LogP contribution in [-0.4, -0.2) is 4.57 Å². The Morgan fingerprint density at radius 3 is 2.22 bits per heavy atom. The minimum absolute atomic E-state index is 0.187. The van der Waals surface area contributed by atoms with Crippen molar-refractivity contribution < 1.29 is 9.90 Å². The zero-order valence-electron chi connectivity index (χ0n) is 18.0. The van der Waals surface area contributed by atoms with E-state index >= 15 is 0 Å². The lowest BCUT2D eigenvalue weighted by Gasteiger charge is -2.09. The summed E-state index contributed by atoms with van der Waals surface area (Å²) >= 11 is 6.38. The van der Waals surface area contributed by atoms with E-state index in [0.717, 1.165) is 16.5 Å². The molecule has 27 heavy (non-hydrogen) atoms. The second-order valence-electron chi connectivity index (χ2n) is 6.43. The van der Waals surface area contributed by atoms with E-state index in [4.69, 9.17) is 21.5 Å². The third-order valence-electron chi connectivity index (χ3n) is 4.98. The van der Waals surface area contributed by atoms with Crippen molar-refractivity contribution in [2.45, 2.75) is 0 Å². The summed E-state index contributed by atoms with van der Waals surface area (Å²) in [4.78, 5) is 0. The highest BCUT2D eigenvalue weighted by Crippen LogP contribution is 2.39. The van der Waals surface area contributed by atoms with Crippen LogP contribution in [0.3, 0.4) is 0 Å². The highest BCUT2D eigenvalue weighted by molar-refractivity contribution is 6.36. The number of fused-ring (bicyclic) bond motifs is 6. The number of halogens is 1. The molecule has 0 saturated carbocycles. The predicted octanol–water partition coefficient (Wildman–Crippen LogP) is 7.34. The van der Waals surface area contributed by atoms with E-state index in [1.54, 1.807) is 18.2 Å². The van der Waals surface area contributed by atoms with Crippen LogP contribution < -0.4 is 0 Å². The molecule has 0 bridgehead atoms. The average molecular weight is 372 g/mol. The third kappa shape index (κ3) is 1.96. The minimum atomic E-state index is 0.187. The van der Waals surface area contributed by atoms with Crippen LogP contribution in [0.5, 0.6) is 0 Å². The molecule has 0 amide bonds. The molecule has 0 aliphatic carbocycles. The summed E-state index contributed by atoms with van der Waals surface area (Å²) in [6, 6.07) is 18.4. The average Bonchev–Trinajstić information content (AvgIpc) is 3.25. The van der Waals surface area contributed by atoms with Gasteiger partial charge in [0, 0.05) is 16.2 Å². The summed E-state index contributed by atoms with van der Waals surface area (Å²) in [5.41, 5.74) is 3.19. The van der Waals surface area contributed by atoms with Crippen molar-refractivity contribution in [2.24, 2.45) is 0 Å². The second kappa shape index (κ2) is 5.38. The SMILES string of the molecule is [2H]c1cc([2H])c2c(c1)c1cc([2H])cc([2H])c1n2-c1cccc2oc3c(Cl)cccc3c12. The van der Waals surface area contributed by atoms with E-state index in [-0.39, 0.29) is 24.2 Å². The highest BCUT2D eigenvalue weighted by Gasteiger charge is 2.17. The maximum absolute atomic E-state index is 8.63. The first kappa shape index (κ1) is 11.5. The van der Waals surface area contributed by atoms with Gasteiger partial charge < -0.3 is 8.98 Å². The van der Waals surface area contributed by atoms with Gasteiger partial charge in [-0.05, 0) is 30.3 Å². The predicted molar refractivity (Wildman–Crippen MR) is 113 cm³/mol. The van der Waals surface area contributed by atoms with Crippen molar-refractivity contribution in [3.63, 3.8) is 0 Å². The summed E-state index contributed by atoms with van der Waals surface area (Å²) in [6.45, 7) is 0. The van der Waals surface area contributed by atoms with Crippen LogP contribution in [0.1, 0.15) is 5.48 Å². The van der Waals surface area contributed by atoms with Crippen LogP contribution in [0.2, 0.25) is 5.02 Å². The molecule has 2 aromatic heterocycles. The lowest BCUT2D eigenvalue weighted by Crippen LogP contribution is -1.94. The number of hydrogen-bond acceptors (Lipinski definition) is 1. The Kier molecular flexibility index (Phi) is 2.29. The van der Waals surface area contributed by atoms with Crippen molar-refractivity contribution >= 4 is 55.3 Å². The molecule has 128 valence electrons. The smallest absolute Gasteiger partial charge is 0.154 e. The Labute approximate surface area is 165 Å². The van der Waals surface area contributed by atoms with Gasteiger partial charge >= 0.3 is 0 Å². The first-order valence-electron chi connectivity index (χ1n) is 10.6. The topological polar surface area (TPSA) is 18.1 Å². The summed E-state index contributed by atoms with van der Waals surface area (Å²) in [6.07, 6.45) is 0. The van der Waals surface area contributed by atoms with Gasteiger partial charge in [-0.15, -0.1) is 0 Å². The van der Waals surface area contributed by atoms with Crippen molar-refractivity contribution in [2.75, 3.05) is 0 Å². The van der Waals surface area contributed by atoms with Crippen molar-refractivity contribution in [1.29, 1.82) is 0 Å². The first-order valence-corrected chi connectivity index (χ1v) is 8.94. The summed E-state index contributed by atoms with van der Waals surface area (Å²) in [5, 5.41) is 3.56. The lowest BCUT2D eigenvalue weighted by molar-refractivity contribution is 0.669. The number of aromatic nitrogens is 1. The fourth-order valence-electron chi connectivity index (χ4n) is 3.88. The zero-order valence-corrected chi connectivity index (χ0v) is 14.8. The van der Waals surface area contributed by atoms with Crippen molar-refractivity contribution in [3.8, 4) is 5.69 Å². The van der Waals surface area contributed by atoms with Gasteiger partial charge in [-0.1, -0.05) is 66.2 Å². The molecule has 6 aromatic rings. The molecule has 0 aliphatic heterocycles. The van der Waals surface area contributed by atoms with E-state index in [1.165, 1.54) is 12.1 Å². The fraction of sp³-hybridized carbons (Fsp3) is 0. The second-order valence-corrected chi connectivity index (χ2v) is 6.84. The van der Waals surface area contributed by atoms with E-state index in [0.29, 0.717) is 38.0 Å². The maximum Gasteiger partial charge on any atom is 0.154 e. The van der Waals surface area contributed by atoms with E-state index in [1.807, 2.05) is 34.9 Å². The van der Waals surface area contributed by atoms with Gasteiger partial charge in [-0.2, -0.15) is 0 Å². The number of furan rings is 1. The quantitative estimate of drug-likeness (QED) is 0.295.